The average molecular weight is 250 g/mol. The van der Waals surface area contributed by atoms with Crippen molar-refractivity contribution in [3.05, 3.63) is 29.3 Å². The fourth-order valence-corrected chi connectivity index (χ4v) is 1.65. The van der Waals surface area contributed by atoms with Crippen molar-refractivity contribution in [2.75, 3.05) is 13.2 Å². The highest BCUT2D eigenvalue weighted by molar-refractivity contribution is 5.80. The van der Waals surface area contributed by atoms with Gasteiger partial charge in [-0.15, -0.1) is 0 Å². The summed E-state index contributed by atoms with van der Waals surface area (Å²) in [6, 6.07) is 5.67. The van der Waals surface area contributed by atoms with Gasteiger partial charge in [0.2, 0.25) is 5.91 Å². The van der Waals surface area contributed by atoms with E-state index < -0.39 is 6.04 Å². The molecular weight excluding hydrogens is 228 g/mol. The van der Waals surface area contributed by atoms with Crippen molar-refractivity contribution in [2.45, 2.75) is 33.2 Å². The molecule has 0 aromatic heterocycles. The summed E-state index contributed by atoms with van der Waals surface area (Å²) in [5.41, 5.74) is 7.81. The molecular formula is C14H22N2O2. The molecule has 100 valence electrons. The SMILES string of the molecule is Cc1cc(C)cc(OCCCNC(=O)C(C)N)c1. The third-order valence-electron chi connectivity index (χ3n) is 2.50. The molecule has 0 aliphatic rings. The molecule has 1 rings (SSSR count). The predicted octanol–water partition coefficient (Wildman–Crippen LogP) is 1.54. The number of hydrogen-bond acceptors (Lipinski definition) is 3. The standard InChI is InChI=1S/C14H22N2O2/c1-10-7-11(2)9-13(8-10)18-6-4-5-16-14(17)12(3)15/h7-9,12H,4-6,15H2,1-3H3,(H,16,17). The number of aryl methyl sites for hydroxylation is 2. The van der Waals surface area contributed by atoms with Gasteiger partial charge in [-0.3, -0.25) is 4.79 Å². The van der Waals surface area contributed by atoms with E-state index in [-0.39, 0.29) is 5.91 Å². The summed E-state index contributed by atoms with van der Waals surface area (Å²) in [4.78, 5) is 11.2. The number of amides is 1. The maximum Gasteiger partial charge on any atom is 0.236 e. The largest absolute Gasteiger partial charge is 0.494 e. The van der Waals surface area contributed by atoms with E-state index in [0.717, 1.165) is 12.2 Å². The molecule has 0 aliphatic heterocycles. The van der Waals surface area contributed by atoms with E-state index in [1.54, 1.807) is 6.92 Å². The molecule has 18 heavy (non-hydrogen) atoms. The van der Waals surface area contributed by atoms with Gasteiger partial charge >= 0.3 is 0 Å². The Morgan fingerprint density at radius 3 is 2.50 bits per heavy atom. The van der Waals surface area contributed by atoms with Crippen molar-refractivity contribution >= 4 is 5.91 Å². The molecule has 1 aromatic carbocycles. The number of carbonyl (C=O) groups excluding carboxylic acids is 1. The Balaban J connectivity index is 2.24. The molecule has 0 radical (unpaired) electrons. The van der Waals surface area contributed by atoms with E-state index in [0.29, 0.717) is 13.2 Å². The highest BCUT2D eigenvalue weighted by Gasteiger charge is 2.05. The van der Waals surface area contributed by atoms with Crippen LogP contribution in [0.25, 0.3) is 0 Å². The first kappa shape index (κ1) is 14.5. The van der Waals surface area contributed by atoms with Crippen molar-refractivity contribution in [2.24, 2.45) is 5.73 Å². The monoisotopic (exact) mass is 250 g/mol. The molecule has 0 bridgehead atoms. The van der Waals surface area contributed by atoms with Crippen LogP contribution in [0.2, 0.25) is 0 Å². The quantitative estimate of drug-likeness (QED) is 0.753. The van der Waals surface area contributed by atoms with Crippen LogP contribution in [0.15, 0.2) is 18.2 Å². The van der Waals surface area contributed by atoms with Crippen LogP contribution in [0.1, 0.15) is 24.5 Å². The fourth-order valence-electron chi connectivity index (χ4n) is 1.65. The van der Waals surface area contributed by atoms with E-state index in [1.807, 2.05) is 26.0 Å². The Morgan fingerprint density at radius 1 is 1.33 bits per heavy atom. The highest BCUT2D eigenvalue weighted by Crippen LogP contribution is 2.16. The van der Waals surface area contributed by atoms with Crippen molar-refractivity contribution in [3.8, 4) is 5.75 Å². The van der Waals surface area contributed by atoms with Gasteiger partial charge in [-0.05, 0) is 50.5 Å². The van der Waals surface area contributed by atoms with Gasteiger partial charge in [0, 0.05) is 6.54 Å². The number of nitrogens with one attached hydrogen (secondary N) is 1. The van der Waals surface area contributed by atoms with Crippen LogP contribution >= 0.6 is 0 Å². The minimum atomic E-state index is -0.453. The predicted molar refractivity (Wildman–Crippen MR) is 72.7 cm³/mol. The lowest BCUT2D eigenvalue weighted by atomic mass is 10.1. The molecule has 1 atom stereocenters. The summed E-state index contributed by atoms with van der Waals surface area (Å²) < 4.78 is 5.63. The third kappa shape index (κ3) is 5.19. The number of nitrogens with two attached hydrogens (primary N) is 1. The minimum absolute atomic E-state index is 0.124. The van der Waals surface area contributed by atoms with E-state index >= 15 is 0 Å². The van der Waals surface area contributed by atoms with Crippen LogP contribution in [-0.4, -0.2) is 25.1 Å². The van der Waals surface area contributed by atoms with Gasteiger partial charge in [0.05, 0.1) is 12.6 Å². The molecule has 0 saturated heterocycles. The van der Waals surface area contributed by atoms with E-state index in [9.17, 15) is 4.79 Å². The van der Waals surface area contributed by atoms with Crippen LogP contribution in [-0.2, 0) is 4.79 Å². The van der Waals surface area contributed by atoms with Gasteiger partial charge in [0.25, 0.3) is 0 Å². The average Bonchev–Trinajstić information content (AvgIpc) is 2.26. The van der Waals surface area contributed by atoms with Gasteiger partial charge in [-0.25, -0.2) is 0 Å². The summed E-state index contributed by atoms with van der Waals surface area (Å²) >= 11 is 0. The molecule has 4 nitrogen and oxygen atoms in total. The molecule has 0 spiro atoms. The zero-order valence-corrected chi connectivity index (χ0v) is 11.3. The van der Waals surface area contributed by atoms with E-state index in [2.05, 4.69) is 11.4 Å². The Bertz CT molecular complexity index is 383. The number of benzene rings is 1. The molecule has 4 heteroatoms. The smallest absolute Gasteiger partial charge is 0.236 e. The second kappa shape index (κ2) is 7.01. The van der Waals surface area contributed by atoms with Gasteiger partial charge in [0.1, 0.15) is 5.75 Å². The second-order valence-corrected chi connectivity index (χ2v) is 4.61. The molecule has 1 amide bonds. The minimum Gasteiger partial charge on any atom is -0.494 e. The molecule has 0 heterocycles. The lowest BCUT2D eigenvalue weighted by Crippen LogP contribution is -2.38. The summed E-state index contributed by atoms with van der Waals surface area (Å²) in [6.45, 7) is 6.93. The normalized spacial score (nSPS) is 12.0. The van der Waals surface area contributed by atoms with Gasteiger partial charge < -0.3 is 15.8 Å². The number of rotatable bonds is 6. The first-order valence-corrected chi connectivity index (χ1v) is 6.23. The fraction of sp³-hybridized carbons (Fsp3) is 0.500. The molecule has 1 unspecified atom stereocenters. The van der Waals surface area contributed by atoms with Gasteiger partial charge in [0.15, 0.2) is 0 Å². The van der Waals surface area contributed by atoms with Crippen molar-refractivity contribution in [3.63, 3.8) is 0 Å². The first-order valence-electron chi connectivity index (χ1n) is 6.23. The zero-order valence-electron chi connectivity index (χ0n) is 11.3. The van der Waals surface area contributed by atoms with Crippen LogP contribution in [0, 0.1) is 13.8 Å². The Labute approximate surface area is 109 Å². The van der Waals surface area contributed by atoms with Crippen LogP contribution in [0.3, 0.4) is 0 Å². The Hall–Kier alpha value is -1.55. The second-order valence-electron chi connectivity index (χ2n) is 4.61. The molecule has 0 fully saturated rings. The Kier molecular flexibility index (Phi) is 5.65. The lowest BCUT2D eigenvalue weighted by molar-refractivity contribution is -0.121. The van der Waals surface area contributed by atoms with Gasteiger partial charge in [-0.1, -0.05) is 6.07 Å². The first-order chi connectivity index (χ1) is 8.49. The maximum absolute atomic E-state index is 11.2. The van der Waals surface area contributed by atoms with Crippen LogP contribution in [0.5, 0.6) is 5.75 Å². The summed E-state index contributed by atoms with van der Waals surface area (Å²) in [5.74, 6) is 0.757. The van der Waals surface area contributed by atoms with Crippen LogP contribution < -0.4 is 15.8 Å². The lowest BCUT2D eigenvalue weighted by Gasteiger charge is -2.10. The highest BCUT2D eigenvalue weighted by atomic mass is 16.5. The van der Waals surface area contributed by atoms with Gasteiger partial charge in [-0.2, -0.15) is 0 Å². The molecule has 3 N–H and O–H groups in total. The molecule has 0 saturated carbocycles. The summed E-state index contributed by atoms with van der Waals surface area (Å²) in [7, 11) is 0. The maximum atomic E-state index is 11.2. The van der Waals surface area contributed by atoms with E-state index in [4.69, 9.17) is 10.5 Å². The topological polar surface area (TPSA) is 64.3 Å². The zero-order chi connectivity index (χ0) is 13.5. The summed E-state index contributed by atoms with van der Waals surface area (Å²) in [6.07, 6.45) is 0.769. The number of hydrogen-bond donors (Lipinski definition) is 2. The number of ether oxygens (including phenoxy) is 1. The number of carbonyl (C=O) groups is 1. The third-order valence-corrected chi connectivity index (χ3v) is 2.50. The van der Waals surface area contributed by atoms with Crippen molar-refractivity contribution in [1.82, 2.24) is 5.32 Å². The van der Waals surface area contributed by atoms with E-state index in [1.165, 1.54) is 11.1 Å². The van der Waals surface area contributed by atoms with Crippen molar-refractivity contribution < 1.29 is 9.53 Å². The van der Waals surface area contributed by atoms with Crippen LogP contribution in [0.4, 0.5) is 0 Å². The van der Waals surface area contributed by atoms with Crippen molar-refractivity contribution in [1.29, 1.82) is 0 Å². The Morgan fingerprint density at radius 2 is 1.94 bits per heavy atom. The molecule has 0 aliphatic carbocycles. The summed E-state index contributed by atoms with van der Waals surface area (Å²) in [5, 5.41) is 2.75. The molecule has 1 aromatic rings.